The van der Waals surface area contributed by atoms with Crippen LogP contribution in [0.5, 0.6) is 0 Å². The van der Waals surface area contributed by atoms with E-state index in [2.05, 4.69) is 10.1 Å². The second kappa shape index (κ2) is 4.18. The van der Waals surface area contributed by atoms with Crippen LogP contribution in [0, 0.1) is 5.82 Å². The fourth-order valence-corrected chi connectivity index (χ4v) is 1.37. The van der Waals surface area contributed by atoms with Gasteiger partial charge in [-0.25, -0.2) is 14.1 Å². The van der Waals surface area contributed by atoms with Crippen LogP contribution in [-0.2, 0) is 13.1 Å². The molecule has 0 amide bonds. The zero-order chi connectivity index (χ0) is 10.7. The van der Waals surface area contributed by atoms with E-state index in [0.29, 0.717) is 18.7 Å². The molecule has 0 radical (unpaired) electrons. The Kier molecular flexibility index (Phi) is 2.73. The van der Waals surface area contributed by atoms with Gasteiger partial charge in [0.05, 0.1) is 6.54 Å². The predicted octanol–water partition coefficient (Wildman–Crippen LogP) is 0.924. The summed E-state index contributed by atoms with van der Waals surface area (Å²) in [4.78, 5) is 3.80. The Labute approximate surface area is 86.6 Å². The van der Waals surface area contributed by atoms with Crippen molar-refractivity contribution in [2.75, 3.05) is 0 Å². The van der Waals surface area contributed by atoms with Gasteiger partial charge in [-0.2, -0.15) is 5.10 Å². The minimum atomic E-state index is -0.247. The zero-order valence-electron chi connectivity index (χ0n) is 8.10. The topological polar surface area (TPSA) is 56.7 Å². The maximum Gasteiger partial charge on any atom is 0.137 e. The molecule has 0 saturated carbocycles. The van der Waals surface area contributed by atoms with Crippen molar-refractivity contribution in [2.45, 2.75) is 13.1 Å². The Balaban J connectivity index is 2.27. The first kappa shape index (κ1) is 9.79. The van der Waals surface area contributed by atoms with E-state index in [-0.39, 0.29) is 5.82 Å². The molecule has 1 aromatic heterocycles. The molecule has 0 aliphatic heterocycles. The van der Waals surface area contributed by atoms with E-state index in [1.165, 1.54) is 12.4 Å². The first-order valence-corrected chi connectivity index (χ1v) is 4.59. The van der Waals surface area contributed by atoms with E-state index in [4.69, 9.17) is 5.73 Å². The first-order chi connectivity index (χ1) is 7.29. The number of aromatic nitrogens is 3. The summed E-state index contributed by atoms with van der Waals surface area (Å²) in [7, 11) is 0. The van der Waals surface area contributed by atoms with Crippen LogP contribution in [0.25, 0.3) is 0 Å². The van der Waals surface area contributed by atoms with Crippen molar-refractivity contribution < 1.29 is 4.39 Å². The van der Waals surface area contributed by atoms with Gasteiger partial charge in [-0.05, 0) is 17.7 Å². The lowest BCUT2D eigenvalue weighted by molar-refractivity contribution is 0.583. The number of benzene rings is 1. The van der Waals surface area contributed by atoms with E-state index in [0.717, 1.165) is 5.56 Å². The molecule has 5 heteroatoms. The summed E-state index contributed by atoms with van der Waals surface area (Å²) in [5.41, 5.74) is 6.97. The fourth-order valence-electron chi connectivity index (χ4n) is 1.37. The molecule has 0 aliphatic rings. The Hall–Kier alpha value is -1.75. The Bertz CT molecular complexity index is 439. The van der Waals surface area contributed by atoms with Crippen molar-refractivity contribution in [3.8, 4) is 0 Å². The quantitative estimate of drug-likeness (QED) is 0.812. The van der Waals surface area contributed by atoms with Crippen LogP contribution in [0.1, 0.15) is 11.1 Å². The summed E-state index contributed by atoms with van der Waals surface area (Å²) in [5.74, 6) is -0.247. The van der Waals surface area contributed by atoms with Gasteiger partial charge in [0.15, 0.2) is 0 Å². The molecule has 15 heavy (non-hydrogen) atoms. The van der Waals surface area contributed by atoms with Crippen LogP contribution in [0.15, 0.2) is 30.9 Å². The molecule has 0 bridgehead atoms. The number of halogens is 1. The minimum Gasteiger partial charge on any atom is -0.326 e. The standard InChI is InChI=1S/C10H11FN4/c11-10-2-1-8(4-12)3-9(10)5-15-7-13-6-14-15/h1-3,6-7H,4-5,12H2. The fraction of sp³-hybridized carbons (Fsp3) is 0.200. The molecule has 4 nitrogen and oxygen atoms in total. The largest absolute Gasteiger partial charge is 0.326 e. The Morgan fingerprint density at radius 2 is 2.27 bits per heavy atom. The molecule has 2 N–H and O–H groups in total. The maximum atomic E-state index is 13.4. The van der Waals surface area contributed by atoms with Crippen molar-refractivity contribution in [3.63, 3.8) is 0 Å². The van der Waals surface area contributed by atoms with Crippen molar-refractivity contribution in [2.24, 2.45) is 5.73 Å². The minimum absolute atomic E-state index is 0.247. The van der Waals surface area contributed by atoms with Gasteiger partial charge < -0.3 is 5.73 Å². The highest BCUT2D eigenvalue weighted by atomic mass is 19.1. The number of hydrogen-bond acceptors (Lipinski definition) is 3. The SMILES string of the molecule is NCc1ccc(F)c(Cn2cncn2)c1. The lowest BCUT2D eigenvalue weighted by Crippen LogP contribution is -2.04. The Morgan fingerprint density at radius 3 is 2.93 bits per heavy atom. The van der Waals surface area contributed by atoms with Gasteiger partial charge in [0.25, 0.3) is 0 Å². The summed E-state index contributed by atoms with van der Waals surface area (Å²) in [6, 6.07) is 4.85. The molecule has 0 atom stereocenters. The number of nitrogens with two attached hydrogens (primary N) is 1. The normalized spacial score (nSPS) is 10.5. The average molecular weight is 206 g/mol. The lowest BCUT2D eigenvalue weighted by Gasteiger charge is -2.05. The molecule has 2 aromatic rings. The van der Waals surface area contributed by atoms with Crippen molar-refractivity contribution >= 4 is 0 Å². The van der Waals surface area contributed by atoms with Crippen LogP contribution >= 0.6 is 0 Å². The molecule has 1 aromatic carbocycles. The molecule has 0 spiro atoms. The summed E-state index contributed by atoms with van der Waals surface area (Å²) in [6.45, 7) is 0.782. The van der Waals surface area contributed by atoms with Crippen molar-refractivity contribution in [3.05, 3.63) is 47.8 Å². The van der Waals surface area contributed by atoms with Crippen LogP contribution in [-0.4, -0.2) is 14.8 Å². The predicted molar refractivity (Wildman–Crippen MR) is 53.4 cm³/mol. The summed E-state index contributed by atoms with van der Waals surface area (Å²) < 4.78 is 15.0. The molecule has 0 saturated heterocycles. The van der Waals surface area contributed by atoms with Gasteiger partial charge in [0, 0.05) is 12.1 Å². The summed E-state index contributed by atoms with van der Waals surface area (Å²) in [6.07, 6.45) is 2.97. The van der Waals surface area contributed by atoms with Crippen LogP contribution in [0.4, 0.5) is 4.39 Å². The third kappa shape index (κ3) is 2.19. The van der Waals surface area contributed by atoms with Gasteiger partial charge in [-0.3, -0.25) is 0 Å². The highest BCUT2D eigenvalue weighted by molar-refractivity contribution is 5.25. The lowest BCUT2D eigenvalue weighted by atomic mass is 10.1. The second-order valence-corrected chi connectivity index (χ2v) is 3.22. The highest BCUT2D eigenvalue weighted by Gasteiger charge is 2.04. The monoisotopic (exact) mass is 206 g/mol. The molecular weight excluding hydrogens is 195 g/mol. The average Bonchev–Trinajstić information content (AvgIpc) is 2.74. The molecule has 1 heterocycles. The van der Waals surface area contributed by atoms with Crippen LogP contribution < -0.4 is 5.73 Å². The molecule has 0 aliphatic carbocycles. The highest BCUT2D eigenvalue weighted by Crippen LogP contribution is 2.11. The van der Waals surface area contributed by atoms with E-state index in [1.54, 1.807) is 23.1 Å². The van der Waals surface area contributed by atoms with E-state index in [9.17, 15) is 4.39 Å². The van der Waals surface area contributed by atoms with Crippen molar-refractivity contribution in [1.29, 1.82) is 0 Å². The number of hydrogen-bond donors (Lipinski definition) is 1. The summed E-state index contributed by atoms with van der Waals surface area (Å²) in [5, 5.41) is 3.92. The van der Waals surface area contributed by atoms with E-state index < -0.39 is 0 Å². The molecule has 78 valence electrons. The van der Waals surface area contributed by atoms with Crippen LogP contribution in [0.2, 0.25) is 0 Å². The number of nitrogens with zero attached hydrogens (tertiary/aromatic N) is 3. The van der Waals surface area contributed by atoms with Gasteiger partial charge in [-0.1, -0.05) is 6.07 Å². The first-order valence-electron chi connectivity index (χ1n) is 4.59. The third-order valence-corrected chi connectivity index (χ3v) is 2.14. The van der Waals surface area contributed by atoms with E-state index >= 15 is 0 Å². The van der Waals surface area contributed by atoms with Crippen LogP contribution in [0.3, 0.4) is 0 Å². The molecule has 2 rings (SSSR count). The Morgan fingerprint density at radius 1 is 1.40 bits per heavy atom. The molecule has 0 unspecified atom stereocenters. The van der Waals surface area contributed by atoms with Gasteiger partial charge >= 0.3 is 0 Å². The van der Waals surface area contributed by atoms with Gasteiger partial charge in [-0.15, -0.1) is 0 Å². The van der Waals surface area contributed by atoms with Gasteiger partial charge in [0.2, 0.25) is 0 Å². The molecule has 0 fully saturated rings. The smallest absolute Gasteiger partial charge is 0.137 e. The maximum absolute atomic E-state index is 13.4. The number of rotatable bonds is 3. The van der Waals surface area contributed by atoms with E-state index in [1.807, 2.05) is 0 Å². The zero-order valence-corrected chi connectivity index (χ0v) is 8.10. The van der Waals surface area contributed by atoms with Gasteiger partial charge in [0.1, 0.15) is 18.5 Å². The third-order valence-electron chi connectivity index (χ3n) is 2.14. The second-order valence-electron chi connectivity index (χ2n) is 3.22. The summed E-state index contributed by atoms with van der Waals surface area (Å²) >= 11 is 0. The molecular formula is C10H11FN4. The van der Waals surface area contributed by atoms with Crippen molar-refractivity contribution in [1.82, 2.24) is 14.8 Å².